The van der Waals surface area contributed by atoms with Gasteiger partial charge in [0, 0.05) is 23.8 Å². The molecule has 30 heavy (non-hydrogen) atoms. The Hall–Kier alpha value is -2.18. The highest BCUT2D eigenvalue weighted by Gasteiger charge is 2.31. The summed E-state index contributed by atoms with van der Waals surface area (Å²) in [4.78, 5) is 24.5. The molecule has 2 aliphatic rings. The number of aromatic nitrogens is 1. The Morgan fingerprint density at radius 2 is 1.90 bits per heavy atom. The number of aryl methyl sites for hydroxylation is 1. The zero-order valence-electron chi connectivity index (χ0n) is 17.1. The minimum Gasteiger partial charge on any atom is -0.291 e. The van der Waals surface area contributed by atoms with Crippen molar-refractivity contribution in [2.24, 2.45) is 10.9 Å². The molecule has 0 atom stereocenters. The highest BCUT2D eigenvalue weighted by Crippen LogP contribution is 2.33. The Labute approximate surface area is 185 Å². The number of hydrogen-bond acceptors (Lipinski definition) is 5. The van der Waals surface area contributed by atoms with Gasteiger partial charge in [-0.05, 0) is 68.1 Å². The number of benzene rings is 2. The quantitative estimate of drug-likeness (QED) is 0.477. The molecule has 6 heteroatoms. The molecule has 0 N–H and O–H groups in total. The summed E-state index contributed by atoms with van der Waals surface area (Å²) < 4.78 is 1.22. The third-order valence-electron chi connectivity index (χ3n) is 5.84. The maximum absolute atomic E-state index is 13.0. The third-order valence-corrected chi connectivity index (χ3v) is 7.97. The van der Waals surface area contributed by atoms with Crippen molar-refractivity contribution in [1.29, 1.82) is 0 Å². The van der Waals surface area contributed by atoms with Gasteiger partial charge < -0.3 is 0 Å². The van der Waals surface area contributed by atoms with Crippen LogP contribution < -0.4 is 0 Å². The third kappa shape index (κ3) is 4.03. The predicted molar refractivity (Wildman–Crippen MR) is 128 cm³/mol. The molecule has 154 valence electrons. The van der Waals surface area contributed by atoms with E-state index in [9.17, 15) is 4.79 Å². The van der Waals surface area contributed by atoms with Crippen LogP contribution in [0.4, 0.5) is 5.69 Å². The number of carbonyl (C=O) groups is 1. The molecule has 1 aromatic heterocycles. The van der Waals surface area contributed by atoms with Crippen LogP contribution in [0.5, 0.6) is 0 Å². The standard InChI is InChI=1S/C24H25N3OS2/c1-16-7-12-20-21(15-16)30-22(26-20)17-8-10-19(11-9-17)25-24-27(13-4-14-29-24)23(28)18-5-2-3-6-18/h7-12,15,18H,2-6,13-14H2,1H3. The fourth-order valence-electron chi connectivity index (χ4n) is 4.19. The molecule has 4 nitrogen and oxygen atoms in total. The number of aliphatic imine (C=N–C) groups is 1. The van der Waals surface area contributed by atoms with E-state index in [1.54, 1.807) is 23.1 Å². The lowest BCUT2D eigenvalue weighted by atomic mass is 10.1. The molecule has 2 heterocycles. The predicted octanol–water partition coefficient (Wildman–Crippen LogP) is 6.41. The molecule has 1 saturated carbocycles. The smallest absolute Gasteiger partial charge is 0.231 e. The molecule has 2 fully saturated rings. The molecule has 2 aromatic carbocycles. The van der Waals surface area contributed by atoms with Crippen LogP contribution in [0.15, 0.2) is 47.5 Å². The van der Waals surface area contributed by atoms with Gasteiger partial charge in [0.2, 0.25) is 5.91 Å². The Bertz CT molecular complexity index is 1100. The average Bonchev–Trinajstić information content (AvgIpc) is 3.44. The highest BCUT2D eigenvalue weighted by molar-refractivity contribution is 8.13. The number of thioether (sulfide) groups is 1. The summed E-state index contributed by atoms with van der Waals surface area (Å²) in [5, 5.41) is 1.89. The first-order valence-electron chi connectivity index (χ1n) is 10.7. The van der Waals surface area contributed by atoms with Crippen LogP contribution in [0.3, 0.4) is 0 Å². The number of thiazole rings is 1. The molecule has 0 radical (unpaired) electrons. The van der Waals surface area contributed by atoms with E-state index >= 15 is 0 Å². The lowest BCUT2D eigenvalue weighted by Crippen LogP contribution is -2.42. The van der Waals surface area contributed by atoms with Crippen LogP contribution in [0.1, 0.15) is 37.7 Å². The molecule has 1 aliphatic carbocycles. The zero-order valence-corrected chi connectivity index (χ0v) is 18.8. The minimum atomic E-state index is 0.193. The van der Waals surface area contributed by atoms with Crippen LogP contribution in [0.2, 0.25) is 0 Å². The minimum absolute atomic E-state index is 0.193. The maximum Gasteiger partial charge on any atom is 0.231 e. The van der Waals surface area contributed by atoms with E-state index in [2.05, 4.69) is 37.3 Å². The van der Waals surface area contributed by atoms with Crippen molar-refractivity contribution in [3.63, 3.8) is 0 Å². The van der Waals surface area contributed by atoms with Crippen molar-refractivity contribution in [1.82, 2.24) is 9.88 Å². The molecule has 1 aliphatic heterocycles. The fourth-order valence-corrected chi connectivity index (χ4v) is 6.23. The average molecular weight is 436 g/mol. The van der Waals surface area contributed by atoms with E-state index in [1.807, 2.05) is 17.0 Å². The summed E-state index contributed by atoms with van der Waals surface area (Å²) in [6, 6.07) is 14.6. The van der Waals surface area contributed by atoms with Crippen LogP contribution in [-0.4, -0.2) is 33.3 Å². The number of amides is 1. The largest absolute Gasteiger partial charge is 0.291 e. The van der Waals surface area contributed by atoms with Gasteiger partial charge in [0.25, 0.3) is 0 Å². The second kappa shape index (κ2) is 8.52. The zero-order chi connectivity index (χ0) is 20.5. The van der Waals surface area contributed by atoms with Gasteiger partial charge in [-0.25, -0.2) is 9.98 Å². The van der Waals surface area contributed by atoms with Crippen LogP contribution in [-0.2, 0) is 4.79 Å². The second-order valence-corrected chi connectivity index (χ2v) is 10.2. The van der Waals surface area contributed by atoms with Crippen molar-refractivity contribution in [3.05, 3.63) is 48.0 Å². The molecule has 0 bridgehead atoms. The molecular weight excluding hydrogens is 410 g/mol. The lowest BCUT2D eigenvalue weighted by molar-refractivity contribution is -0.131. The summed E-state index contributed by atoms with van der Waals surface area (Å²) in [7, 11) is 0. The number of nitrogens with zero attached hydrogens (tertiary/aromatic N) is 3. The van der Waals surface area contributed by atoms with Gasteiger partial charge >= 0.3 is 0 Å². The van der Waals surface area contributed by atoms with Crippen molar-refractivity contribution in [3.8, 4) is 10.6 Å². The van der Waals surface area contributed by atoms with Crippen LogP contribution >= 0.6 is 23.1 Å². The first-order valence-corrected chi connectivity index (χ1v) is 12.5. The van der Waals surface area contributed by atoms with E-state index in [-0.39, 0.29) is 11.8 Å². The first-order chi connectivity index (χ1) is 14.7. The highest BCUT2D eigenvalue weighted by atomic mass is 32.2. The fraction of sp³-hybridized carbons (Fsp3) is 0.375. The maximum atomic E-state index is 13.0. The van der Waals surface area contributed by atoms with Crippen LogP contribution in [0, 0.1) is 12.8 Å². The van der Waals surface area contributed by atoms with Crippen molar-refractivity contribution >= 4 is 50.1 Å². The number of carbonyl (C=O) groups excluding carboxylic acids is 1. The van der Waals surface area contributed by atoms with E-state index < -0.39 is 0 Å². The summed E-state index contributed by atoms with van der Waals surface area (Å²) in [5.41, 5.74) is 4.30. The van der Waals surface area contributed by atoms with Gasteiger partial charge in [-0.1, -0.05) is 30.7 Å². The topological polar surface area (TPSA) is 45.6 Å². The first kappa shape index (κ1) is 19.8. The molecule has 3 aromatic rings. The normalized spacial score (nSPS) is 19.1. The van der Waals surface area contributed by atoms with E-state index in [0.29, 0.717) is 0 Å². The molecule has 1 saturated heterocycles. The summed E-state index contributed by atoms with van der Waals surface area (Å²) in [6.45, 7) is 2.90. The molecule has 0 spiro atoms. The Kier molecular flexibility index (Phi) is 5.61. The van der Waals surface area contributed by atoms with Gasteiger partial charge in [0.1, 0.15) is 5.01 Å². The Morgan fingerprint density at radius 3 is 2.70 bits per heavy atom. The summed E-state index contributed by atoms with van der Waals surface area (Å²) in [5.74, 6) is 1.50. The summed E-state index contributed by atoms with van der Waals surface area (Å²) in [6.07, 6.45) is 5.46. The lowest BCUT2D eigenvalue weighted by Gasteiger charge is -2.29. The van der Waals surface area contributed by atoms with Crippen molar-refractivity contribution in [2.75, 3.05) is 12.3 Å². The van der Waals surface area contributed by atoms with E-state index in [4.69, 9.17) is 9.98 Å². The van der Waals surface area contributed by atoms with Gasteiger partial charge in [-0.3, -0.25) is 9.69 Å². The van der Waals surface area contributed by atoms with Gasteiger partial charge in [-0.2, -0.15) is 0 Å². The molecule has 5 rings (SSSR count). The van der Waals surface area contributed by atoms with E-state index in [0.717, 1.165) is 58.5 Å². The van der Waals surface area contributed by atoms with Gasteiger partial charge in [0.05, 0.1) is 15.9 Å². The molecule has 0 unspecified atom stereocenters. The molecular formula is C24H25N3OS2. The number of hydrogen-bond donors (Lipinski definition) is 0. The number of fused-ring (bicyclic) bond motifs is 1. The number of rotatable bonds is 3. The monoisotopic (exact) mass is 435 g/mol. The molecule has 1 amide bonds. The van der Waals surface area contributed by atoms with Crippen molar-refractivity contribution < 1.29 is 4.79 Å². The van der Waals surface area contributed by atoms with Gasteiger partial charge in [0.15, 0.2) is 5.17 Å². The van der Waals surface area contributed by atoms with Crippen molar-refractivity contribution in [2.45, 2.75) is 39.0 Å². The van der Waals surface area contributed by atoms with Gasteiger partial charge in [-0.15, -0.1) is 11.3 Å². The second-order valence-electron chi connectivity index (χ2n) is 8.10. The summed E-state index contributed by atoms with van der Waals surface area (Å²) >= 11 is 3.42. The van der Waals surface area contributed by atoms with E-state index in [1.165, 1.54) is 23.1 Å². The Balaban J connectivity index is 1.38. The SMILES string of the molecule is Cc1ccc2nc(-c3ccc(N=C4SCCCN4C(=O)C4CCCC4)cc3)sc2c1. The number of amidine groups is 1. The Morgan fingerprint density at radius 1 is 1.10 bits per heavy atom. The van der Waals surface area contributed by atoms with Crippen LogP contribution in [0.25, 0.3) is 20.8 Å².